The van der Waals surface area contributed by atoms with Crippen LogP contribution in [0.2, 0.25) is 0 Å². The van der Waals surface area contributed by atoms with Gasteiger partial charge >= 0.3 is 0 Å². The third-order valence-electron chi connectivity index (χ3n) is 12.5. The van der Waals surface area contributed by atoms with Crippen molar-refractivity contribution >= 4 is 34.3 Å². The molecule has 316 valence electrons. The van der Waals surface area contributed by atoms with Gasteiger partial charge in [0, 0.05) is 40.9 Å². The highest BCUT2D eigenvalue weighted by Crippen LogP contribution is 2.37. The molecule has 2 N–H and O–H groups in total. The van der Waals surface area contributed by atoms with Crippen molar-refractivity contribution in [3.63, 3.8) is 0 Å². The fourth-order valence-corrected chi connectivity index (χ4v) is 9.24. The highest BCUT2D eigenvalue weighted by atomic mass is 16.4. The lowest BCUT2D eigenvalue weighted by Gasteiger charge is -2.34. The number of amides is 3. The summed E-state index contributed by atoms with van der Waals surface area (Å²) in [7, 11) is 0. The first-order valence-electron chi connectivity index (χ1n) is 21.9. The van der Waals surface area contributed by atoms with E-state index in [4.69, 9.17) is 4.42 Å². The smallest absolute Gasteiger partial charge is 0.247 e. The van der Waals surface area contributed by atoms with E-state index in [-0.39, 0.29) is 29.8 Å². The molecule has 2 saturated heterocycles. The fourth-order valence-electron chi connectivity index (χ4n) is 9.24. The minimum Gasteiger partial charge on any atom is -0.418 e. The zero-order chi connectivity index (χ0) is 42.5. The fraction of sp³-hybridized carbons (Fsp3) is 0.367. The van der Waals surface area contributed by atoms with E-state index < -0.39 is 12.1 Å². The molecule has 1 unspecified atom stereocenters. The van der Waals surface area contributed by atoms with Gasteiger partial charge in [-0.1, -0.05) is 100 Å². The molecule has 4 aromatic carbocycles. The average molecular weight is 821 g/mol. The molecule has 12 nitrogen and oxygen atoms in total. The van der Waals surface area contributed by atoms with Gasteiger partial charge in [-0.3, -0.25) is 24.2 Å². The van der Waals surface area contributed by atoms with E-state index in [1.54, 1.807) is 4.90 Å². The van der Waals surface area contributed by atoms with Crippen molar-refractivity contribution in [2.24, 2.45) is 0 Å². The van der Waals surface area contributed by atoms with E-state index in [1.807, 2.05) is 108 Å². The summed E-state index contributed by atoms with van der Waals surface area (Å²) < 4.78 is 6.28. The minimum absolute atomic E-state index is 0.0283. The maximum atomic E-state index is 14.2. The number of nitrogens with zero attached hydrogens (tertiary/aromatic N) is 6. The number of hydrogen-bond donors (Lipinski definition) is 2. The molecular formula is C49H56N8O4. The number of fused-ring (bicyclic) bond motifs is 1. The summed E-state index contributed by atoms with van der Waals surface area (Å²) in [5.74, 6) is 0.727. The summed E-state index contributed by atoms with van der Waals surface area (Å²) in [6.45, 7) is 12.5. The van der Waals surface area contributed by atoms with E-state index in [1.165, 1.54) is 0 Å². The molecule has 0 aliphatic carbocycles. The van der Waals surface area contributed by atoms with Gasteiger partial charge in [0.05, 0.1) is 0 Å². The van der Waals surface area contributed by atoms with E-state index in [9.17, 15) is 14.4 Å². The number of carbonyl (C=O) groups is 3. The molecule has 3 amide bonds. The summed E-state index contributed by atoms with van der Waals surface area (Å²) >= 11 is 0. The number of aromatic amines is 1. The van der Waals surface area contributed by atoms with Gasteiger partial charge < -0.3 is 24.5 Å². The molecule has 2 fully saturated rings. The van der Waals surface area contributed by atoms with Gasteiger partial charge in [-0.15, -0.1) is 10.2 Å². The summed E-state index contributed by atoms with van der Waals surface area (Å²) in [5, 5.41) is 12.9. The number of carbonyl (C=O) groups excluding carboxylic acids is 3. The second-order valence-corrected chi connectivity index (χ2v) is 15.9. The Hall–Kier alpha value is -6.11. The number of aromatic nitrogens is 3. The van der Waals surface area contributed by atoms with Gasteiger partial charge in [-0.2, -0.15) is 0 Å². The number of anilines is 1. The number of likely N-dealkylation sites (N-methyl/N-ethyl adjacent to an activating group) is 2. The quantitative estimate of drug-likeness (QED) is 0.105. The van der Waals surface area contributed by atoms with Gasteiger partial charge in [0.2, 0.25) is 29.5 Å². The molecule has 4 heterocycles. The van der Waals surface area contributed by atoms with Crippen LogP contribution in [0.3, 0.4) is 0 Å². The van der Waals surface area contributed by atoms with E-state index in [0.717, 1.165) is 84.3 Å². The molecule has 0 spiro atoms. The predicted octanol–water partition coefficient (Wildman–Crippen LogP) is 8.64. The van der Waals surface area contributed by atoms with Crippen LogP contribution in [0, 0.1) is 0 Å². The topological polar surface area (TPSA) is 131 Å². The molecule has 0 radical (unpaired) electrons. The monoisotopic (exact) mass is 820 g/mol. The Labute approximate surface area is 357 Å². The average Bonchev–Trinajstić information content (AvgIpc) is 4.14. The van der Waals surface area contributed by atoms with Crippen molar-refractivity contribution in [1.29, 1.82) is 0 Å². The Morgan fingerprint density at radius 3 is 1.90 bits per heavy atom. The van der Waals surface area contributed by atoms with Crippen LogP contribution >= 0.6 is 0 Å². The maximum absolute atomic E-state index is 14.2. The SMILES string of the molecule is CCN(CC)C(C(=O)N1CCC[C@H]1C(=O)Nc1ccc2[nH]c(-c3ccc(-c4nnc([C@@H]5CCCN5C(=O)[C@@H](c5ccccc5)N(CC)CC)o4)cc3)cc2c1)c1ccccc1. The number of likely N-dealkylation sites (tertiary alicyclic amines) is 2. The molecule has 12 heteroatoms. The van der Waals surface area contributed by atoms with Gasteiger partial charge in [0.1, 0.15) is 24.2 Å². The van der Waals surface area contributed by atoms with Gasteiger partial charge in [-0.25, -0.2) is 0 Å². The van der Waals surface area contributed by atoms with Crippen LogP contribution in [0.25, 0.3) is 33.6 Å². The Morgan fingerprint density at radius 2 is 1.28 bits per heavy atom. The largest absolute Gasteiger partial charge is 0.418 e. The zero-order valence-corrected chi connectivity index (χ0v) is 35.6. The van der Waals surface area contributed by atoms with E-state index in [2.05, 4.69) is 64.1 Å². The lowest BCUT2D eigenvalue weighted by atomic mass is 10.0. The van der Waals surface area contributed by atoms with E-state index in [0.29, 0.717) is 37.0 Å². The van der Waals surface area contributed by atoms with Gasteiger partial charge in [-0.05, 0) is 105 Å². The summed E-state index contributed by atoms with van der Waals surface area (Å²) in [5.41, 5.74) is 6.23. The second-order valence-electron chi connectivity index (χ2n) is 15.9. The van der Waals surface area contributed by atoms with Crippen LogP contribution in [0.5, 0.6) is 0 Å². The van der Waals surface area contributed by atoms with Crippen molar-refractivity contribution < 1.29 is 18.8 Å². The highest BCUT2D eigenvalue weighted by molar-refractivity contribution is 6.00. The van der Waals surface area contributed by atoms with Crippen molar-refractivity contribution in [2.75, 3.05) is 44.6 Å². The third kappa shape index (κ3) is 8.60. The zero-order valence-electron chi connectivity index (χ0n) is 35.6. The molecule has 2 aliphatic heterocycles. The summed E-state index contributed by atoms with van der Waals surface area (Å²) in [6.07, 6.45) is 3.04. The van der Waals surface area contributed by atoms with Crippen molar-refractivity contribution in [3.8, 4) is 22.7 Å². The summed E-state index contributed by atoms with van der Waals surface area (Å²) in [6, 6.07) is 34.1. The Balaban J connectivity index is 0.939. The molecule has 2 aliphatic rings. The number of H-pyrrole nitrogens is 1. The summed E-state index contributed by atoms with van der Waals surface area (Å²) in [4.78, 5) is 53.7. The third-order valence-corrected chi connectivity index (χ3v) is 12.5. The van der Waals surface area contributed by atoms with Crippen LogP contribution in [0.1, 0.15) is 88.5 Å². The first kappa shape index (κ1) is 41.6. The van der Waals surface area contributed by atoms with Gasteiger partial charge in [0.25, 0.3) is 0 Å². The van der Waals surface area contributed by atoms with Crippen LogP contribution in [-0.4, -0.2) is 97.8 Å². The van der Waals surface area contributed by atoms with Crippen LogP contribution in [0.4, 0.5) is 5.69 Å². The molecule has 0 bridgehead atoms. The number of benzene rings is 4. The van der Waals surface area contributed by atoms with Crippen molar-refractivity contribution in [3.05, 3.63) is 126 Å². The molecule has 6 aromatic rings. The first-order valence-corrected chi connectivity index (χ1v) is 21.9. The second kappa shape index (κ2) is 18.7. The maximum Gasteiger partial charge on any atom is 0.247 e. The predicted molar refractivity (Wildman–Crippen MR) is 238 cm³/mol. The molecule has 61 heavy (non-hydrogen) atoms. The lowest BCUT2D eigenvalue weighted by molar-refractivity contribution is -0.141. The van der Waals surface area contributed by atoms with Crippen LogP contribution in [0.15, 0.2) is 114 Å². The first-order chi connectivity index (χ1) is 29.8. The molecule has 0 saturated carbocycles. The molecule has 2 aromatic heterocycles. The molecule has 4 atom stereocenters. The lowest BCUT2D eigenvalue weighted by Crippen LogP contribution is -2.48. The normalized spacial score (nSPS) is 17.7. The Morgan fingerprint density at radius 1 is 0.705 bits per heavy atom. The molecule has 8 rings (SSSR count). The van der Waals surface area contributed by atoms with Gasteiger partial charge in [0.15, 0.2) is 0 Å². The van der Waals surface area contributed by atoms with Crippen molar-refractivity contribution in [2.45, 2.75) is 77.5 Å². The number of nitrogens with one attached hydrogen (secondary N) is 2. The highest BCUT2D eigenvalue weighted by Gasteiger charge is 2.41. The number of rotatable bonds is 15. The Kier molecular flexibility index (Phi) is 12.7. The number of hydrogen-bond acceptors (Lipinski definition) is 8. The standard InChI is InChI=1S/C49H56N8O4/c1-5-54(6-2)43(34-17-11-9-12-18-34)48(59)56-29-15-21-41(56)45(58)50-38-27-28-39-37(31-38)32-40(51-39)33-23-25-36(26-24-33)46-52-53-47(61-46)42-22-16-30-57(42)49(60)44(55(7-3)8-4)35-19-13-10-14-20-35/h9-14,17-20,23-28,31-32,41-44,51H,5-8,15-16,21-22,29-30H2,1-4H3,(H,50,58)/t41-,42-,43?,44+/m0/s1. The molecular weight excluding hydrogens is 765 g/mol. The van der Waals surface area contributed by atoms with Crippen LogP contribution < -0.4 is 5.32 Å². The van der Waals surface area contributed by atoms with Crippen LogP contribution in [-0.2, 0) is 14.4 Å². The van der Waals surface area contributed by atoms with E-state index >= 15 is 0 Å². The minimum atomic E-state index is -0.538. The van der Waals surface area contributed by atoms with Crippen molar-refractivity contribution in [1.82, 2.24) is 34.8 Å². The Bertz CT molecular complexity index is 2420.